The fourth-order valence-electron chi connectivity index (χ4n) is 2.24. The number of furan rings is 1. The van der Waals surface area contributed by atoms with Gasteiger partial charge in [-0.25, -0.2) is 0 Å². The normalized spacial score (nSPS) is 16.3. The summed E-state index contributed by atoms with van der Waals surface area (Å²) >= 11 is 6.86. The molecule has 1 aromatic carbocycles. The van der Waals surface area contributed by atoms with Crippen molar-refractivity contribution in [2.24, 2.45) is 0 Å². The number of carbonyl (C=O) groups is 2. The maximum atomic E-state index is 12.5. The summed E-state index contributed by atoms with van der Waals surface area (Å²) in [5.74, 6) is 0.888. The number of rotatable bonds is 4. The maximum absolute atomic E-state index is 12.5. The molecule has 0 atom stereocenters. The number of benzene rings is 1. The molecule has 124 valence electrons. The smallest absolute Gasteiger partial charge is 0.293 e. The molecule has 1 aliphatic heterocycles. The van der Waals surface area contributed by atoms with Crippen LogP contribution in [0.15, 0.2) is 45.7 Å². The van der Waals surface area contributed by atoms with E-state index in [4.69, 9.17) is 16.0 Å². The van der Waals surface area contributed by atoms with Crippen molar-refractivity contribution in [3.05, 3.63) is 57.6 Å². The van der Waals surface area contributed by atoms with E-state index in [2.05, 4.69) is 0 Å². The van der Waals surface area contributed by atoms with Gasteiger partial charge in [0.1, 0.15) is 5.76 Å². The van der Waals surface area contributed by atoms with Crippen LogP contribution in [0.2, 0.25) is 5.02 Å². The van der Waals surface area contributed by atoms with Gasteiger partial charge in [-0.1, -0.05) is 23.7 Å². The number of hydrogen-bond donors (Lipinski definition) is 0. The molecular weight excluding hydrogens is 348 g/mol. The first-order chi connectivity index (χ1) is 11.4. The Morgan fingerprint density at radius 2 is 2.04 bits per heavy atom. The standard InChI is InChI=1S/C17H15ClN2O3S/c1-19(2)15-7-6-13(23-15)9-14-16(21)20(17(22)24-14)10-11-4-3-5-12(18)8-11/h3-9H,10H2,1-2H3/b14-9-. The first kappa shape index (κ1) is 16.7. The van der Waals surface area contributed by atoms with Gasteiger partial charge in [0.15, 0.2) is 5.88 Å². The highest BCUT2D eigenvalue weighted by atomic mass is 35.5. The molecule has 7 heteroatoms. The fraction of sp³-hybridized carbons (Fsp3) is 0.176. The average molecular weight is 363 g/mol. The first-order valence-electron chi connectivity index (χ1n) is 7.21. The summed E-state index contributed by atoms with van der Waals surface area (Å²) in [7, 11) is 3.73. The summed E-state index contributed by atoms with van der Waals surface area (Å²) in [6.07, 6.45) is 1.59. The van der Waals surface area contributed by atoms with E-state index >= 15 is 0 Å². The number of halogens is 1. The number of anilines is 1. The molecule has 24 heavy (non-hydrogen) atoms. The van der Waals surface area contributed by atoms with Crippen LogP contribution in [0.3, 0.4) is 0 Å². The molecule has 0 saturated carbocycles. The molecule has 2 aromatic rings. The number of thioether (sulfide) groups is 1. The van der Waals surface area contributed by atoms with Gasteiger partial charge < -0.3 is 9.32 Å². The van der Waals surface area contributed by atoms with Crippen molar-refractivity contribution in [2.75, 3.05) is 19.0 Å². The van der Waals surface area contributed by atoms with Gasteiger partial charge in [-0.05, 0) is 35.5 Å². The Kier molecular flexibility index (Phi) is 4.69. The van der Waals surface area contributed by atoms with Crippen LogP contribution in [0.1, 0.15) is 11.3 Å². The summed E-state index contributed by atoms with van der Waals surface area (Å²) in [4.78, 5) is 28.0. The lowest BCUT2D eigenvalue weighted by Crippen LogP contribution is -2.27. The highest BCUT2D eigenvalue weighted by molar-refractivity contribution is 8.18. The van der Waals surface area contributed by atoms with Crippen LogP contribution in [0.4, 0.5) is 10.7 Å². The summed E-state index contributed by atoms with van der Waals surface area (Å²) in [5.41, 5.74) is 0.805. The number of nitrogens with zero attached hydrogens (tertiary/aromatic N) is 2. The molecule has 0 aliphatic carbocycles. The van der Waals surface area contributed by atoms with E-state index in [9.17, 15) is 9.59 Å². The molecule has 0 bridgehead atoms. The van der Waals surface area contributed by atoms with E-state index in [-0.39, 0.29) is 17.7 Å². The highest BCUT2D eigenvalue weighted by Gasteiger charge is 2.35. The molecule has 0 N–H and O–H groups in total. The zero-order valence-electron chi connectivity index (χ0n) is 13.2. The Bertz CT molecular complexity index is 829. The molecule has 1 aliphatic rings. The van der Waals surface area contributed by atoms with E-state index in [1.54, 1.807) is 30.3 Å². The second kappa shape index (κ2) is 6.75. The van der Waals surface area contributed by atoms with Gasteiger partial charge in [-0.15, -0.1) is 0 Å². The topological polar surface area (TPSA) is 53.8 Å². The Morgan fingerprint density at radius 3 is 2.71 bits per heavy atom. The van der Waals surface area contributed by atoms with E-state index in [0.29, 0.717) is 21.6 Å². The van der Waals surface area contributed by atoms with Crippen molar-refractivity contribution >= 4 is 46.5 Å². The van der Waals surface area contributed by atoms with Crippen molar-refractivity contribution in [3.63, 3.8) is 0 Å². The Balaban J connectivity index is 1.79. The lowest BCUT2D eigenvalue weighted by Gasteiger charge is -2.12. The molecule has 1 aromatic heterocycles. The molecule has 3 rings (SSSR count). The minimum absolute atomic E-state index is 0.198. The minimum atomic E-state index is -0.326. The Morgan fingerprint density at radius 1 is 1.25 bits per heavy atom. The number of carbonyl (C=O) groups excluding carboxylic acids is 2. The van der Waals surface area contributed by atoms with Crippen LogP contribution in [-0.2, 0) is 11.3 Å². The molecule has 2 heterocycles. The van der Waals surface area contributed by atoms with Crippen molar-refractivity contribution in [3.8, 4) is 0 Å². The monoisotopic (exact) mass is 362 g/mol. The fourth-order valence-corrected chi connectivity index (χ4v) is 3.27. The Hall–Kier alpha value is -2.18. The van der Waals surface area contributed by atoms with Gasteiger partial charge >= 0.3 is 0 Å². The quantitative estimate of drug-likeness (QED) is 0.761. The van der Waals surface area contributed by atoms with E-state index in [1.807, 2.05) is 31.1 Å². The average Bonchev–Trinajstić information content (AvgIpc) is 3.09. The van der Waals surface area contributed by atoms with Crippen molar-refractivity contribution in [1.82, 2.24) is 4.90 Å². The van der Waals surface area contributed by atoms with Gasteiger partial charge in [0.05, 0.1) is 11.4 Å². The van der Waals surface area contributed by atoms with Gasteiger partial charge in [-0.3, -0.25) is 14.5 Å². The van der Waals surface area contributed by atoms with Crippen molar-refractivity contribution in [1.29, 1.82) is 0 Å². The first-order valence-corrected chi connectivity index (χ1v) is 8.40. The van der Waals surface area contributed by atoms with Gasteiger partial charge in [0.25, 0.3) is 11.1 Å². The summed E-state index contributed by atoms with van der Waals surface area (Å²) < 4.78 is 5.60. The Labute approximate surface area is 148 Å². The second-order valence-electron chi connectivity index (χ2n) is 5.47. The van der Waals surface area contributed by atoms with Crippen LogP contribution >= 0.6 is 23.4 Å². The summed E-state index contributed by atoms with van der Waals surface area (Å²) in [5, 5.41) is 0.271. The molecule has 1 fully saturated rings. The van der Waals surface area contributed by atoms with Gasteiger partial charge in [0.2, 0.25) is 0 Å². The summed E-state index contributed by atoms with van der Waals surface area (Å²) in [6, 6.07) is 10.7. The molecule has 0 radical (unpaired) electrons. The van der Waals surface area contributed by atoms with Crippen LogP contribution in [0.5, 0.6) is 0 Å². The number of hydrogen-bond acceptors (Lipinski definition) is 5. The van der Waals surface area contributed by atoms with Crippen LogP contribution in [0.25, 0.3) is 6.08 Å². The molecule has 2 amide bonds. The van der Waals surface area contributed by atoms with Crippen LogP contribution in [-0.4, -0.2) is 30.1 Å². The van der Waals surface area contributed by atoms with Crippen molar-refractivity contribution in [2.45, 2.75) is 6.54 Å². The third kappa shape index (κ3) is 3.49. The lowest BCUT2D eigenvalue weighted by molar-refractivity contribution is -0.123. The van der Waals surface area contributed by atoms with Gasteiger partial charge in [0, 0.05) is 31.3 Å². The lowest BCUT2D eigenvalue weighted by atomic mass is 10.2. The molecule has 5 nitrogen and oxygen atoms in total. The van der Waals surface area contributed by atoms with E-state index in [1.165, 1.54) is 4.90 Å². The highest BCUT2D eigenvalue weighted by Crippen LogP contribution is 2.34. The zero-order valence-corrected chi connectivity index (χ0v) is 14.7. The van der Waals surface area contributed by atoms with E-state index < -0.39 is 0 Å². The number of imide groups is 1. The molecule has 0 unspecified atom stereocenters. The minimum Gasteiger partial charge on any atom is -0.441 e. The third-order valence-electron chi connectivity index (χ3n) is 3.43. The largest absolute Gasteiger partial charge is 0.441 e. The predicted octanol–water partition coefficient (Wildman–Crippen LogP) is 4.24. The second-order valence-corrected chi connectivity index (χ2v) is 6.90. The molecular formula is C17H15ClN2O3S. The number of amides is 2. The van der Waals surface area contributed by atoms with Crippen LogP contribution < -0.4 is 4.90 Å². The maximum Gasteiger partial charge on any atom is 0.293 e. The predicted molar refractivity (Wildman–Crippen MR) is 96.0 cm³/mol. The van der Waals surface area contributed by atoms with Gasteiger partial charge in [-0.2, -0.15) is 0 Å². The van der Waals surface area contributed by atoms with E-state index in [0.717, 1.165) is 17.3 Å². The molecule has 0 spiro atoms. The SMILES string of the molecule is CN(C)c1ccc(/C=C2\SC(=O)N(Cc3cccc(Cl)c3)C2=O)o1. The van der Waals surface area contributed by atoms with Crippen molar-refractivity contribution < 1.29 is 14.0 Å². The zero-order chi connectivity index (χ0) is 17.3. The third-order valence-corrected chi connectivity index (χ3v) is 4.57. The molecule has 1 saturated heterocycles. The van der Waals surface area contributed by atoms with Crippen LogP contribution in [0, 0.1) is 0 Å². The summed E-state index contributed by atoms with van der Waals surface area (Å²) in [6.45, 7) is 0.198.